The highest BCUT2D eigenvalue weighted by Gasteiger charge is 2.22. The van der Waals surface area contributed by atoms with Crippen molar-refractivity contribution < 1.29 is 0 Å². The molecule has 0 bridgehead atoms. The molecule has 4 aromatic rings. The number of pyridine rings is 1. The molecule has 0 amide bonds. The van der Waals surface area contributed by atoms with Crippen LogP contribution in [-0.4, -0.2) is 31.4 Å². The molecule has 0 unspecified atom stereocenters. The Labute approximate surface area is 155 Å². The fourth-order valence-corrected chi connectivity index (χ4v) is 3.72. The third-order valence-corrected chi connectivity index (χ3v) is 5.08. The van der Waals surface area contributed by atoms with Gasteiger partial charge in [-0.15, -0.1) is 0 Å². The number of fused-ring (bicyclic) bond motifs is 2. The van der Waals surface area contributed by atoms with Crippen molar-refractivity contribution in [2.24, 2.45) is 0 Å². The number of nitrogens with zero attached hydrogens (tertiary/aromatic N) is 3. The van der Waals surface area contributed by atoms with E-state index in [1.54, 1.807) is 12.4 Å². The molecule has 27 heavy (non-hydrogen) atoms. The zero-order valence-electron chi connectivity index (χ0n) is 14.8. The van der Waals surface area contributed by atoms with Gasteiger partial charge >= 0.3 is 0 Å². The molecule has 0 atom stereocenters. The fraction of sp³-hybridized carbons (Fsp3) is 0.190. The van der Waals surface area contributed by atoms with E-state index in [9.17, 15) is 4.79 Å². The van der Waals surface area contributed by atoms with Crippen molar-refractivity contribution in [3.8, 4) is 11.4 Å². The van der Waals surface area contributed by atoms with Crippen LogP contribution in [0.2, 0.25) is 0 Å². The topological polar surface area (TPSA) is 77.7 Å². The van der Waals surface area contributed by atoms with Crippen molar-refractivity contribution in [3.63, 3.8) is 0 Å². The lowest BCUT2D eigenvalue weighted by Crippen LogP contribution is -2.35. The van der Waals surface area contributed by atoms with Crippen molar-refractivity contribution in [2.45, 2.75) is 19.5 Å². The number of benzene rings is 1. The van der Waals surface area contributed by atoms with Crippen molar-refractivity contribution in [1.29, 1.82) is 0 Å². The van der Waals surface area contributed by atoms with Gasteiger partial charge in [-0.1, -0.05) is 18.2 Å². The molecule has 1 aromatic carbocycles. The Balaban J connectivity index is 1.40. The highest BCUT2D eigenvalue weighted by Crippen LogP contribution is 2.21. The first kappa shape index (κ1) is 16.0. The second kappa shape index (κ2) is 6.48. The van der Waals surface area contributed by atoms with Crippen LogP contribution in [-0.2, 0) is 19.5 Å². The van der Waals surface area contributed by atoms with Gasteiger partial charge in [-0.25, -0.2) is 4.98 Å². The average molecular weight is 357 g/mol. The maximum absolute atomic E-state index is 12.7. The molecule has 0 spiro atoms. The van der Waals surface area contributed by atoms with E-state index in [2.05, 4.69) is 38.1 Å². The molecule has 0 radical (unpaired) electrons. The summed E-state index contributed by atoms with van der Waals surface area (Å²) in [6, 6.07) is 14.2. The minimum absolute atomic E-state index is 0.0480. The summed E-state index contributed by atoms with van der Waals surface area (Å²) in [4.78, 5) is 30.1. The summed E-state index contributed by atoms with van der Waals surface area (Å²) >= 11 is 0. The van der Waals surface area contributed by atoms with E-state index in [1.165, 1.54) is 5.39 Å². The van der Waals surface area contributed by atoms with Crippen molar-refractivity contribution in [1.82, 2.24) is 24.8 Å². The van der Waals surface area contributed by atoms with Gasteiger partial charge in [-0.2, -0.15) is 0 Å². The minimum Gasteiger partial charge on any atom is -0.357 e. The van der Waals surface area contributed by atoms with Crippen molar-refractivity contribution in [2.75, 3.05) is 6.54 Å². The molecule has 6 nitrogen and oxygen atoms in total. The number of para-hydroxylation sites is 1. The van der Waals surface area contributed by atoms with Crippen LogP contribution in [0.4, 0.5) is 0 Å². The van der Waals surface area contributed by atoms with Gasteiger partial charge < -0.3 is 9.97 Å². The Morgan fingerprint density at radius 1 is 1.07 bits per heavy atom. The van der Waals surface area contributed by atoms with Crippen LogP contribution in [0.1, 0.15) is 17.0 Å². The van der Waals surface area contributed by atoms with Gasteiger partial charge in [0.2, 0.25) is 0 Å². The van der Waals surface area contributed by atoms with Gasteiger partial charge in [-0.3, -0.25) is 14.7 Å². The zero-order valence-corrected chi connectivity index (χ0v) is 14.8. The van der Waals surface area contributed by atoms with Gasteiger partial charge in [-0.05, 0) is 29.7 Å². The van der Waals surface area contributed by atoms with E-state index in [-0.39, 0.29) is 5.56 Å². The van der Waals surface area contributed by atoms with Gasteiger partial charge in [0.1, 0.15) is 5.82 Å². The second-order valence-corrected chi connectivity index (χ2v) is 6.92. The van der Waals surface area contributed by atoms with E-state index in [0.717, 1.165) is 47.5 Å². The van der Waals surface area contributed by atoms with Crippen LogP contribution in [0.3, 0.4) is 0 Å². The molecule has 0 fully saturated rings. The SMILES string of the molecule is O=c1[nH]c(-c2ccncc2)nc2c1CN(Cc1cc3ccccc3[nH]1)CC2. The molecular weight excluding hydrogens is 338 g/mol. The standard InChI is InChI=1S/C21H19N5O/c27-21-17-13-26(12-16-11-15-3-1-2-4-18(15)23-16)10-7-19(17)24-20(25-21)14-5-8-22-9-6-14/h1-6,8-9,11,23H,7,10,12-13H2,(H,24,25,27). The molecule has 1 aliphatic heterocycles. The smallest absolute Gasteiger partial charge is 0.255 e. The van der Waals surface area contributed by atoms with E-state index in [0.29, 0.717) is 12.4 Å². The number of H-pyrrole nitrogens is 2. The Morgan fingerprint density at radius 2 is 1.93 bits per heavy atom. The van der Waals surface area contributed by atoms with Crippen LogP contribution in [0.5, 0.6) is 0 Å². The van der Waals surface area contributed by atoms with Crippen molar-refractivity contribution in [3.05, 3.63) is 82.2 Å². The highest BCUT2D eigenvalue weighted by molar-refractivity contribution is 5.80. The lowest BCUT2D eigenvalue weighted by Gasteiger charge is -2.27. The molecule has 0 saturated heterocycles. The lowest BCUT2D eigenvalue weighted by atomic mass is 10.1. The Kier molecular flexibility index (Phi) is 3.83. The second-order valence-electron chi connectivity index (χ2n) is 6.92. The van der Waals surface area contributed by atoms with Gasteiger partial charge in [0.25, 0.3) is 5.56 Å². The number of hydrogen-bond donors (Lipinski definition) is 2. The molecule has 1 aliphatic rings. The summed E-state index contributed by atoms with van der Waals surface area (Å²) in [6.45, 7) is 2.29. The van der Waals surface area contributed by atoms with Gasteiger partial charge in [0.15, 0.2) is 0 Å². The van der Waals surface area contributed by atoms with Crippen molar-refractivity contribution >= 4 is 10.9 Å². The van der Waals surface area contributed by atoms with Crippen LogP contribution in [0.25, 0.3) is 22.3 Å². The first-order chi connectivity index (χ1) is 13.3. The van der Waals surface area contributed by atoms with E-state index in [1.807, 2.05) is 24.3 Å². The van der Waals surface area contributed by atoms with Crippen LogP contribution in [0, 0.1) is 0 Å². The highest BCUT2D eigenvalue weighted by atomic mass is 16.1. The quantitative estimate of drug-likeness (QED) is 0.591. The first-order valence-corrected chi connectivity index (χ1v) is 9.08. The summed E-state index contributed by atoms with van der Waals surface area (Å²) in [6.07, 6.45) is 4.19. The Bertz CT molecular complexity index is 1130. The summed E-state index contributed by atoms with van der Waals surface area (Å²) < 4.78 is 0. The molecule has 134 valence electrons. The number of hydrogen-bond acceptors (Lipinski definition) is 4. The average Bonchev–Trinajstić information content (AvgIpc) is 3.11. The van der Waals surface area contributed by atoms with E-state index in [4.69, 9.17) is 4.98 Å². The van der Waals surface area contributed by atoms with Gasteiger partial charge in [0.05, 0.1) is 11.3 Å². The van der Waals surface area contributed by atoms with E-state index >= 15 is 0 Å². The summed E-state index contributed by atoms with van der Waals surface area (Å²) in [7, 11) is 0. The van der Waals surface area contributed by atoms with Crippen LogP contribution in [0.15, 0.2) is 59.7 Å². The third kappa shape index (κ3) is 3.04. The minimum atomic E-state index is -0.0480. The predicted molar refractivity (Wildman–Crippen MR) is 104 cm³/mol. The predicted octanol–water partition coefficient (Wildman–Crippen LogP) is 2.87. The number of aromatic amines is 2. The largest absolute Gasteiger partial charge is 0.357 e. The number of rotatable bonds is 3. The molecule has 0 aliphatic carbocycles. The normalized spacial score (nSPS) is 14.4. The molecule has 5 rings (SSSR count). The van der Waals surface area contributed by atoms with Crippen LogP contribution >= 0.6 is 0 Å². The maximum Gasteiger partial charge on any atom is 0.255 e. The Morgan fingerprint density at radius 3 is 2.78 bits per heavy atom. The number of aromatic nitrogens is 4. The molecule has 6 heteroatoms. The third-order valence-electron chi connectivity index (χ3n) is 5.08. The molecular formula is C21H19N5O. The maximum atomic E-state index is 12.7. The van der Waals surface area contributed by atoms with Gasteiger partial charge in [0, 0.05) is 55.2 Å². The molecule has 4 heterocycles. The molecule has 0 saturated carbocycles. The lowest BCUT2D eigenvalue weighted by molar-refractivity contribution is 0.239. The van der Waals surface area contributed by atoms with Crippen LogP contribution < -0.4 is 5.56 Å². The molecule has 3 aromatic heterocycles. The number of nitrogens with one attached hydrogen (secondary N) is 2. The summed E-state index contributed by atoms with van der Waals surface area (Å²) in [5.74, 6) is 0.616. The first-order valence-electron chi connectivity index (χ1n) is 9.08. The monoisotopic (exact) mass is 357 g/mol. The summed E-state index contributed by atoms with van der Waals surface area (Å²) in [5, 5.41) is 1.21. The fourth-order valence-electron chi connectivity index (χ4n) is 3.72. The zero-order chi connectivity index (χ0) is 18.2. The van der Waals surface area contributed by atoms with E-state index < -0.39 is 0 Å². The summed E-state index contributed by atoms with van der Waals surface area (Å²) in [5.41, 5.74) is 4.82. The molecule has 2 N–H and O–H groups in total. The Hall–Kier alpha value is -3.25.